The van der Waals surface area contributed by atoms with E-state index in [1.165, 1.54) is 5.56 Å². The second kappa shape index (κ2) is 6.98. The number of hydrogen-bond donors (Lipinski definition) is 1. The van der Waals surface area contributed by atoms with Crippen molar-refractivity contribution in [2.75, 3.05) is 26.2 Å². The Hall–Kier alpha value is -2.18. The molecule has 3 heterocycles. The van der Waals surface area contributed by atoms with Crippen LogP contribution in [0.1, 0.15) is 17.0 Å². The molecule has 6 nitrogen and oxygen atoms in total. The number of nitrogens with zero attached hydrogens (tertiary/aromatic N) is 3. The SMILES string of the molecule is Cc1cc(CC(=O)N2C[C@H]3OCCN(Cc4ccccc4)[C@H]3C2)n[nH]1. The van der Waals surface area contributed by atoms with Gasteiger partial charge in [-0.25, -0.2) is 0 Å². The Labute approximate surface area is 147 Å². The van der Waals surface area contributed by atoms with Gasteiger partial charge in [0.05, 0.1) is 30.9 Å². The zero-order valence-corrected chi connectivity index (χ0v) is 14.5. The molecule has 2 fully saturated rings. The average molecular weight is 340 g/mol. The number of carbonyl (C=O) groups excluding carboxylic acids is 1. The van der Waals surface area contributed by atoms with E-state index in [0.717, 1.165) is 37.6 Å². The van der Waals surface area contributed by atoms with Gasteiger partial charge in [-0.05, 0) is 18.6 Å². The molecule has 0 unspecified atom stereocenters. The number of amides is 1. The van der Waals surface area contributed by atoms with Gasteiger partial charge in [-0.2, -0.15) is 5.10 Å². The van der Waals surface area contributed by atoms with Crippen molar-refractivity contribution in [3.05, 3.63) is 53.3 Å². The molecule has 2 atom stereocenters. The number of fused-ring (bicyclic) bond motifs is 1. The largest absolute Gasteiger partial charge is 0.373 e. The van der Waals surface area contributed by atoms with Gasteiger partial charge in [-0.3, -0.25) is 14.8 Å². The Balaban J connectivity index is 1.40. The number of aromatic nitrogens is 2. The van der Waals surface area contributed by atoms with E-state index in [0.29, 0.717) is 13.0 Å². The molecule has 6 heteroatoms. The fraction of sp³-hybridized carbons (Fsp3) is 0.474. The van der Waals surface area contributed by atoms with Gasteiger partial charge < -0.3 is 9.64 Å². The van der Waals surface area contributed by atoms with E-state index in [1.807, 2.05) is 24.0 Å². The molecule has 1 amide bonds. The van der Waals surface area contributed by atoms with Crippen molar-refractivity contribution in [1.29, 1.82) is 0 Å². The van der Waals surface area contributed by atoms with E-state index < -0.39 is 0 Å². The normalized spacial score (nSPS) is 23.6. The Morgan fingerprint density at radius 1 is 1.32 bits per heavy atom. The molecule has 0 spiro atoms. The van der Waals surface area contributed by atoms with Crippen molar-refractivity contribution >= 4 is 5.91 Å². The lowest BCUT2D eigenvalue weighted by Gasteiger charge is -2.36. The van der Waals surface area contributed by atoms with Crippen LogP contribution in [0.5, 0.6) is 0 Å². The van der Waals surface area contributed by atoms with Crippen LogP contribution >= 0.6 is 0 Å². The molecule has 1 aromatic carbocycles. The highest BCUT2D eigenvalue weighted by atomic mass is 16.5. The predicted molar refractivity (Wildman–Crippen MR) is 94.0 cm³/mol. The summed E-state index contributed by atoms with van der Waals surface area (Å²) in [6.45, 7) is 5.91. The number of aryl methyl sites for hydroxylation is 1. The van der Waals surface area contributed by atoms with Crippen LogP contribution in [-0.4, -0.2) is 64.3 Å². The minimum Gasteiger partial charge on any atom is -0.373 e. The van der Waals surface area contributed by atoms with Crippen LogP contribution in [0.25, 0.3) is 0 Å². The van der Waals surface area contributed by atoms with Crippen molar-refractivity contribution < 1.29 is 9.53 Å². The first-order valence-corrected chi connectivity index (χ1v) is 8.87. The first-order chi connectivity index (χ1) is 12.2. The third-order valence-electron chi connectivity index (χ3n) is 5.09. The van der Waals surface area contributed by atoms with E-state index in [1.54, 1.807) is 0 Å². The molecular formula is C19H24N4O2. The van der Waals surface area contributed by atoms with Gasteiger partial charge in [0.15, 0.2) is 0 Å². The van der Waals surface area contributed by atoms with Crippen LogP contribution < -0.4 is 0 Å². The molecule has 2 aliphatic rings. The molecule has 2 saturated heterocycles. The zero-order chi connectivity index (χ0) is 17.2. The van der Waals surface area contributed by atoms with Gasteiger partial charge in [0.2, 0.25) is 5.91 Å². The number of carbonyl (C=O) groups is 1. The van der Waals surface area contributed by atoms with Gasteiger partial charge in [-0.1, -0.05) is 30.3 Å². The summed E-state index contributed by atoms with van der Waals surface area (Å²) in [6, 6.07) is 12.7. The second-order valence-electron chi connectivity index (χ2n) is 6.95. The summed E-state index contributed by atoms with van der Waals surface area (Å²) in [4.78, 5) is 17.0. The summed E-state index contributed by atoms with van der Waals surface area (Å²) >= 11 is 0. The number of nitrogens with one attached hydrogen (secondary N) is 1. The first-order valence-electron chi connectivity index (χ1n) is 8.87. The van der Waals surface area contributed by atoms with Gasteiger partial charge in [0.25, 0.3) is 0 Å². The van der Waals surface area contributed by atoms with Crippen LogP contribution in [0, 0.1) is 6.92 Å². The van der Waals surface area contributed by atoms with Gasteiger partial charge >= 0.3 is 0 Å². The summed E-state index contributed by atoms with van der Waals surface area (Å²) in [7, 11) is 0. The third-order valence-corrected chi connectivity index (χ3v) is 5.09. The fourth-order valence-electron chi connectivity index (χ4n) is 3.81. The van der Waals surface area contributed by atoms with E-state index >= 15 is 0 Å². The highest BCUT2D eigenvalue weighted by Gasteiger charge is 2.41. The van der Waals surface area contributed by atoms with E-state index in [4.69, 9.17) is 4.74 Å². The zero-order valence-electron chi connectivity index (χ0n) is 14.5. The van der Waals surface area contributed by atoms with Crippen molar-refractivity contribution in [1.82, 2.24) is 20.0 Å². The fourth-order valence-corrected chi connectivity index (χ4v) is 3.81. The minimum absolute atomic E-state index is 0.113. The number of rotatable bonds is 4. The molecule has 1 aromatic heterocycles. The minimum atomic E-state index is 0.113. The van der Waals surface area contributed by atoms with Crippen molar-refractivity contribution in [2.45, 2.75) is 32.0 Å². The number of aromatic amines is 1. The lowest BCUT2D eigenvalue weighted by molar-refractivity contribution is -0.130. The lowest BCUT2D eigenvalue weighted by Crippen LogP contribution is -2.50. The molecule has 1 N–H and O–H groups in total. The second-order valence-corrected chi connectivity index (χ2v) is 6.95. The number of ether oxygens (including phenoxy) is 1. The van der Waals surface area contributed by atoms with E-state index in [2.05, 4.69) is 39.4 Å². The lowest BCUT2D eigenvalue weighted by atomic mass is 10.1. The molecule has 0 saturated carbocycles. The van der Waals surface area contributed by atoms with Crippen LogP contribution in [0.3, 0.4) is 0 Å². The van der Waals surface area contributed by atoms with E-state index in [-0.39, 0.29) is 18.1 Å². The molecule has 2 aliphatic heterocycles. The molecule has 25 heavy (non-hydrogen) atoms. The molecule has 2 aromatic rings. The van der Waals surface area contributed by atoms with Crippen LogP contribution in [0.15, 0.2) is 36.4 Å². The van der Waals surface area contributed by atoms with Crippen molar-refractivity contribution in [3.63, 3.8) is 0 Å². The Morgan fingerprint density at radius 2 is 2.16 bits per heavy atom. The predicted octanol–water partition coefficient (Wildman–Crippen LogP) is 1.37. The molecule has 0 aliphatic carbocycles. The molecule has 0 radical (unpaired) electrons. The molecular weight excluding hydrogens is 316 g/mol. The average Bonchev–Trinajstić information content (AvgIpc) is 3.22. The van der Waals surface area contributed by atoms with E-state index in [9.17, 15) is 4.79 Å². The first kappa shape index (κ1) is 16.3. The maximum atomic E-state index is 12.6. The van der Waals surface area contributed by atoms with Crippen molar-refractivity contribution in [2.24, 2.45) is 0 Å². The Morgan fingerprint density at radius 3 is 2.92 bits per heavy atom. The van der Waals surface area contributed by atoms with Gasteiger partial charge in [0, 0.05) is 31.9 Å². The van der Waals surface area contributed by atoms with Crippen LogP contribution in [0.4, 0.5) is 0 Å². The number of hydrogen-bond acceptors (Lipinski definition) is 4. The smallest absolute Gasteiger partial charge is 0.228 e. The summed E-state index contributed by atoms with van der Waals surface area (Å²) in [6.07, 6.45) is 0.463. The van der Waals surface area contributed by atoms with Crippen molar-refractivity contribution in [3.8, 4) is 0 Å². The maximum absolute atomic E-state index is 12.6. The maximum Gasteiger partial charge on any atom is 0.228 e. The number of H-pyrrole nitrogens is 1. The summed E-state index contributed by atoms with van der Waals surface area (Å²) < 4.78 is 5.95. The summed E-state index contributed by atoms with van der Waals surface area (Å²) in [5.74, 6) is 0.129. The Kier molecular flexibility index (Phi) is 4.55. The molecule has 4 rings (SSSR count). The Bertz CT molecular complexity index is 730. The molecule has 132 valence electrons. The number of benzene rings is 1. The standard InChI is InChI=1S/C19H24N4O2/c1-14-9-16(21-20-14)10-19(24)23-12-17-18(13-23)25-8-7-22(17)11-15-5-3-2-4-6-15/h2-6,9,17-18H,7-8,10-13H2,1H3,(H,20,21)/t17-,18+/m0/s1. The summed E-state index contributed by atoms with van der Waals surface area (Å²) in [5.41, 5.74) is 3.09. The topological polar surface area (TPSA) is 61.5 Å². The molecule has 0 bridgehead atoms. The highest BCUT2D eigenvalue weighted by molar-refractivity contribution is 5.78. The van der Waals surface area contributed by atoms with Crippen LogP contribution in [0.2, 0.25) is 0 Å². The van der Waals surface area contributed by atoms with Crippen LogP contribution in [-0.2, 0) is 22.5 Å². The number of morpholine rings is 1. The van der Waals surface area contributed by atoms with Gasteiger partial charge in [0.1, 0.15) is 0 Å². The summed E-state index contributed by atoms with van der Waals surface area (Å²) in [5, 5.41) is 7.07. The quantitative estimate of drug-likeness (QED) is 0.913. The number of likely N-dealkylation sites (tertiary alicyclic amines) is 1. The van der Waals surface area contributed by atoms with Gasteiger partial charge in [-0.15, -0.1) is 0 Å². The highest BCUT2D eigenvalue weighted by Crippen LogP contribution is 2.25. The third kappa shape index (κ3) is 3.60. The monoisotopic (exact) mass is 340 g/mol.